The van der Waals surface area contributed by atoms with Crippen LogP contribution in [0.4, 0.5) is 5.82 Å². The molecule has 2 aromatic rings. The van der Waals surface area contributed by atoms with Crippen LogP contribution in [0.3, 0.4) is 0 Å². The molecule has 2 fully saturated rings. The monoisotopic (exact) mass is 444 g/mol. The van der Waals surface area contributed by atoms with Crippen LogP contribution < -0.4 is 10.6 Å². The van der Waals surface area contributed by atoms with Crippen molar-refractivity contribution in [1.82, 2.24) is 15.3 Å². The zero-order valence-corrected chi connectivity index (χ0v) is 18.5. The highest BCUT2D eigenvalue weighted by Gasteiger charge is 2.32. The summed E-state index contributed by atoms with van der Waals surface area (Å²) < 4.78 is 10.9. The van der Waals surface area contributed by atoms with Crippen LogP contribution in [0.1, 0.15) is 18.5 Å². The minimum atomic E-state index is -0.151. The zero-order valence-electron chi connectivity index (χ0n) is 17.8. The van der Waals surface area contributed by atoms with E-state index in [9.17, 15) is 4.79 Å². The molecule has 0 radical (unpaired) electrons. The molecule has 2 atom stereocenters. The van der Waals surface area contributed by atoms with Crippen molar-refractivity contribution in [3.05, 3.63) is 41.2 Å². The van der Waals surface area contributed by atoms with E-state index in [4.69, 9.17) is 26.1 Å². The number of hydrogen-bond donors (Lipinski definition) is 2. The van der Waals surface area contributed by atoms with E-state index in [1.54, 1.807) is 13.3 Å². The standard InChI is InChI=1S/C23H29ClN4O3/c1-30-22-14-25-12-18(22)21(29)10-16-9-17(19(24)13-26-16)20-3-2-4-23(28-20)27-11-15-5-7-31-8-6-15/h2-4,9,13,15,18,22,25H,5-8,10-12,14H2,1H3,(H,27,28)/t18-,22+/m1/s1. The van der Waals surface area contributed by atoms with Crippen LogP contribution >= 0.6 is 11.6 Å². The third-order valence-corrected chi connectivity index (χ3v) is 6.38. The van der Waals surface area contributed by atoms with Crippen LogP contribution in [-0.2, 0) is 20.7 Å². The fourth-order valence-electron chi connectivity index (χ4n) is 4.19. The van der Waals surface area contributed by atoms with Crippen LogP contribution in [0.15, 0.2) is 30.5 Å². The summed E-state index contributed by atoms with van der Waals surface area (Å²) >= 11 is 6.44. The van der Waals surface area contributed by atoms with Gasteiger partial charge in [0.05, 0.1) is 22.7 Å². The van der Waals surface area contributed by atoms with Crippen molar-refractivity contribution in [2.24, 2.45) is 11.8 Å². The number of carbonyl (C=O) groups excluding carboxylic acids is 1. The molecule has 0 aromatic carbocycles. The molecule has 2 saturated heterocycles. The van der Waals surface area contributed by atoms with E-state index in [1.165, 1.54) is 0 Å². The average molecular weight is 445 g/mol. The highest BCUT2D eigenvalue weighted by atomic mass is 35.5. The van der Waals surface area contributed by atoms with E-state index in [0.29, 0.717) is 29.7 Å². The van der Waals surface area contributed by atoms with Gasteiger partial charge in [-0.1, -0.05) is 17.7 Å². The number of carbonyl (C=O) groups is 1. The van der Waals surface area contributed by atoms with Crippen molar-refractivity contribution in [1.29, 1.82) is 0 Å². The van der Waals surface area contributed by atoms with Crippen molar-refractivity contribution in [3.63, 3.8) is 0 Å². The summed E-state index contributed by atoms with van der Waals surface area (Å²) in [5.74, 6) is 1.39. The Balaban J connectivity index is 1.46. The topological polar surface area (TPSA) is 85.4 Å². The molecule has 0 spiro atoms. The van der Waals surface area contributed by atoms with Crippen LogP contribution in [0.25, 0.3) is 11.3 Å². The number of halogens is 1. The summed E-state index contributed by atoms with van der Waals surface area (Å²) in [7, 11) is 1.64. The molecule has 0 aliphatic carbocycles. The number of pyridine rings is 2. The Hall–Kier alpha value is -2.06. The number of methoxy groups -OCH3 is 1. The Labute approximate surface area is 187 Å². The van der Waals surface area contributed by atoms with Gasteiger partial charge in [0.25, 0.3) is 0 Å². The maximum Gasteiger partial charge on any atom is 0.145 e. The van der Waals surface area contributed by atoms with E-state index in [2.05, 4.69) is 15.6 Å². The molecule has 0 amide bonds. The number of rotatable bonds is 8. The molecule has 31 heavy (non-hydrogen) atoms. The van der Waals surface area contributed by atoms with Gasteiger partial charge in [-0.15, -0.1) is 0 Å². The van der Waals surface area contributed by atoms with E-state index in [0.717, 1.165) is 49.7 Å². The van der Waals surface area contributed by atoms with Gasteiger partial charge in [0.1, 0.15) is 11.6 Å². The van der Waals surface area contributed by atoms with E-state index in [-0.39, 0.29) is 24.2 Å². The first-order chi connectivity index (χ1) is 15.1. The van der Waals surface area contributed by atoms with Gasteiger partial charge in [-0.25, -0.2) is 4.98 Å². The fourth-order valence-corrected chi connectivity index (χ4v) is 4.39. The van der Waals surface area contributed by atoms with Crippen molar-refractivity contribution in [2.45, 2.75) is 25.4 Å². The number of ketones is 1. The number of anilines is 1. The molecule has 4 rings (SSSR count). The van der Waals surface area contributed by atoms with Crippen LogP contribution in [-0.4, -0.2) is 61.8 Å². The highest BCUT2D eigenvalue weighted by Crippen LogP contribution is 2.28. The van der Waals surface area contributed by atoms with Gasteiger partial charge >= 0.3 is 0 Å². The Bertz CT molecular complexity index is 904. The predicted molar refractivity (Wildman–Crippen MR) is 120 cm³/mol. The largest absolute Gasteiger partial charge is 0.381 e. The SMILES string of the molecule is CO[C@H]1CNC[C@@H]1C(=O)Cc1cc(-c2cccc(NCC3CCOCC3)n2)c(Cl)cn1. The lowest BCUT2D eigenvalue weighted by atomic mass is 9.96. The quantitative estimate of drug-likeness (QED) is 0.647. The number of nitrogens with one attached hydrogen (secondary N) is 2. The molecule has 2 N–H and O–H groups in total. The minimum Gasteiger partial charge on any atom is -0.381 e. The molecule has 8 heteroatoms. The number of hydrogen-bond acceptors (Lipinski definition) is 7. The molecule has 4 heterocycles. The highest BCUT2D eigenvalue weighted by molar-refractivity contribution is 6.33. The van der Waals surface area contributed by atoms with Crippen molar-refractivity contribution in [2.75, 3.05) is 45.3 Å². The summed E-state index contributed by atoms with van der Waals surface area (Å²) in [5, 5.41) is 7.17. The molecule has 2 aliphatic heterocycles. The van der Waals surface area contributed by atoms with Crippen molar-refractivity contribution >= 4 is 23.2 Å². The van der Waals surface area contributed by atoms with E-state index >= 15 is 0 Å². The summed E-state index contributed by atoms with van der Waals surface area (Å²) in [6.07, 6.45) is 3.91. The summed E-state index contributed by atoms with van der Waals surface area (Å²) in [4.78, 5) is 21.9. The lowest BCUT2D eigenvalue weighted by Gasteiger charge is -2.22. The lowest BCUT2D eigenvalue weighted by Crippen LogP contribution is -2.29. The van der Waals surface area contributed by atoms with Gasteiger partial charge in [-0.05, 0) is 37.0 Å². The molecule has 7 nitrogen and oxygen atoms in total. The summed E-state index contributed by atoms with van der Waals surface area (Å²) in [5.41, 5.74) is 2.23. The molecule has 2 aromatic heterocycles. The smallest absolute Gasteiger partial charge is 0.145 e. The first-order valence-corrected chi connectivity index (χ1v) is 11.2. The number of ether oxygens (including phenoxy) is 2. The lowest BCUT2D eigenvalue weighted by molar-refractivity contribution is -0.124. The molecule has 0 unspecified atom stereocenters. The molecule has 2 aliphatic rings. The second-order valence-corrected chi connectivity index (χ2v) is 8.59. The van der Waals surface area contributed by atoms with Gasteiger partial charge in [0, 0.05) is 63.8 Å². The van der Waals surface area contributed by atoms with Crippen LogP contribution in [0.5, 0.6) is 0 Å². The van der Waals surface area contributed by atoms with Crippen LogP contribution in [0.2, 0.25) is 5.02 Å². The van der Waals surface area contributed by atoms with Gasteiger partial charge in [0.15, 0.2) is 0 Å². The zero-order chi connectivity index (χ0) is 21.6. The Kier molecular flexibility index (Phi) is 7.50. The predicted octanol–water partition coefficient (Wildman–Crippen LogP) is 2.98. The Morgan fingerprint density at radius 1 is 1.32 bits per heavy atom. The fraction of sp³-hybridized carbons (Fsp3) is 0.522. The average Bonchev–Trinajstić information content (AvgIpc) is 3.29. The van der Waals surface area contributed by atoms with E-state index in [1.807, 2.05) is 24.3 Å². The third-order valence-electron chi connectivity index (χ3n) is 6.08. The summed E-state index contributed by atoms with van der Waals surface area (Å²) in [6, 6.07) is 7.72. The normalized spacial score (nSPS) is 21.9. The van der Waals surface area contributed by atoms with Crippen molar-refractivity contribution in [3.8, 4) is 11.3 Å². The third kappa shape index (κ3) is 5.60. The minimum absolute atomic E-state index is 0.0839. The first kappa shape index (κ1) is 22.1. The maximum atomic E-state index is 12.8. The number of aromatic nitrogens is 2. The second kappa shape index (κ2) is 10.5. The molecular weight excluding hydrogens is 416 g/mol. The van der Waals surface area contributed by atoms with Gasteiger partial charge in [0.2, 0.25) is 0 Å². The number of Topliss-reactive ketones (excluding diaryl/α,β-unsaturated/α-hetero) is 1. The molecule has 0 saturated carbocycles. The van der Waals surface area contributed by atoms with E-state index < -0.39 is 0 Å². The number of nitrogens with zero attached hydrogens (tertiary/aromatic N) is 2. The van der Waals surface area contributed by atoms with Gasteiger partial charge in [-0.3, -0.25) is 9.78 Å². The van der Waals surface area contributed by atoms with Crippen LogP contribution in [0, 0.1) is 11.8 Å². The Morgan fingerprint density at radius 3 is 2.97 bits per heavy atom. The van der Waals surface area contributed by atoms with Crippen molar-refractivity contribution < 1.29 is 14.3 Å². The Morgan fingerprint density at radius 2 is 2.16 bits per heavy atom. The summed E-state index contributed by atoms with van der Waals surface area (Å²) in [6.45, 7) is 3.87. The molecule has 0 bridgehead atoms. The first-order valence-electron chi connectivity index (χ1n) is 10.8. The maximum absolute atomic E-state index is 12.8. The second-order valence-electron chi connectivity index (χ2n) is 8.18. The van der Waals surface area contributed by atoms with Gasteiger partial charge in [-0.2, -0.15) is 0 Å². The molecular formula is C23H29ClN4O3. The van der Waals surface area contributed by atoms with Gasteiger partial charge < -0.3 is 20.1 Å². The molecule has 166 valence electrons.